The highest BCUT2D eigenvalue weighted by Crippen LogP contribution is 2.17. The summed E-state index contributed by atoms with van der Waals surface area (Å²) in [4.78, 5) is 11.4. The molecule has 0 spiro atoms. The molecule has 5 nitrogen and oxygen atoms in total. The summed E-state index contributed by atoms with van der Waals surface area (Å²) in [5.74, 6) is -0.369. The molecular formula is C15H23FN2O3. The van der Waals surface area contributed by atoms with Crippen LogP contribution < -0.4 is 11.1 Å². The quantitative estimate of drug-likeness (QED) is 0.777. The Morgan fingerprint density at radius 2 is 1.95 bits per heavy atom. The number of rotatable bonds is 5. The van der Waals surface area contributed by atoms with Crippen molar-refractivity contribution in [2.45, 2.75) is 44.9 Å². The predicted molar refractivity (Wildman–Crippen MR) is 78.2 cm³/mol. The van der Waals surface area contributed by atoms with Gasteiger partial charge in [-0.2, -0.15) is 0 Å². The lowest BCUT2D eigenvalue weighted by Gasteiger charge is -2.21. The third kappa shape index (κ3) is 6.55. The lowest BCUT2D eigenvalue weighted by atomic mass is 10.0. The molecule has 2 atom stereocenters. The molecule has 0 fully saturated rings. The summed E-state index contributed by atoms with van der Waals surface area (Å²) < 4.78 is 17.9. The second-order valence-electron chi connectivity index (χ2n) is 5.88. The Labute approximate surface area is 124 Å². The molecule has 1 rings (SSSR count). The van der Waals surface area contributed by atoms with Gasteiger partial charge in [0, 0.05) is 12.6 Å². The zero-order valence-corrected chi connectivity index (χ0v) is 12.6. The number of halogens is 1. The molecule has 0 aliphatic heterocycles. The van der Waals surface area contributed by atoms with E-state index in [0.29, 0.717) is 12.0 Å². The summed E-state index contributed by atoms with van der Waals surface area (Å²) in [6.45, 7) is 5.61. The van der Waals surface area contributed by atoms with Crippen LogP contribution in [0, 0.1) is 5.82 Å². The van der Waals surface area contributed by atoms with E-state index in [2.05, 4.69) is 5.32 Å². The molecule has 1 amide bonds. The van der Waals surface area contributed by atoms with Crippen LogP contribution in [0.1, 0.15) is 38.9 Å². The molecule has 0 aliphatic rings. The van der Waals surface area contributed by atoms with E-state index in [1.807, 2.05) is 0 Å². The highest BCUT2D eigenvalue weighted by molar-refractivity contribution is 5.67. The minimum atomic E-state index is -0.911. The number of carbonyl (C=O) groups excluding carboxylic acids is 1. The third-order valence-corrected chi connectivity index (χ3v) is 2.76. The number of aliphatic hydroxyl groups is 1. The van der Waals surface area contributed by atoms with Crippen molar-refractivity contribution >= 4 is 6.09 Å². The first-order chi connectivity index (χ1) is 9.69. The van der Waals surface area contributed by atoms with Crippen LogP contribution in [0.3, 0.4) is 0 Å². The molecule has 2 unspecified atom stereocenters. The number of amides is 1. The zero-order chi connectivity index (χ0) is 16.0. The Hall–Kier alpha value is -1.66. The number of nitrogens with one attached hydrogen (secondary N) is 1. The van der Waals surface area contributed by atoms with E-state index in [0.717, 1.165) is 0 Å². The van der Waals surface area contributed by atoms with Gasteiger partial charge in [0.15, 0.2) is 0 Å². The number of alkyl carbamates (subject to hydrolysis) is 1. The van der Waals surface area contributed by atoms with E-state index in [9.17, 15) is 14.3 Å². The SMILES string of the molecule is CC(C)(C)OC(=O)NCCC(N)C(O)c1ccc(F)cc1. The first kappa shape index (κ1) is 17.4. The second-order valence-corrected chi connectivity index (χ2v) is 5.88. The second kappa shape index (κ2) is 7.38. The number of benzene rings is 1. The van der Waals surface area contributed by atoms with Crippen molar-refractivity contribution < 1.29 is 19.0 Å². The Bertz CT molecular complexity index is 457. The molecule has 0 bridgehead atoms. The third-order valence-electron chi connectivity index (χ3n) is 2.76. The van der Waals surface area contributed by atoms with Gasteiger partial charge in [0.1, 0.15) is 11.4 Å². The van der Waals surface area contributed by atoms with Crippen LogP contribution in [0.25, 0.3) is 0 Å². The fourth-order valence-corrected chi connectivity index (χ4v) is 1.72. The van der Waals surface area contributed by atoms with Gasteiger partial charge >= 0.3 is 6.09 Å². The monoisotopic (exact) mass is 298 g/mol. The molecule has 4 N–H and O–H groups in total. The van der Waals surface area contributed by atoms with E-state index >= 15 is 0 Å². The van der Waals surface area contributed by atoms with Crippen molar-refractivity contribution in [2.75, 3.05) is 6.54 Å². The normalized spacial score (nSPS) is 14.4. The van der Waals surface area contributed by atoms with Gasteiger partial charge < -0.3 is 20.9 Å². The average molecular weight is 298 g/mol. The fraction of sp³-hybridized carbons (Fsp3) is 0.533. The Morgan fingerprint density at radius 1 is 1.38 bits per heavy atom. The van der Waals surface area contributed by atoms with Crippen LogP contribution in [0.2, 0.25) is 0 Å². The lowest BCUT2D eigenvalue weighted by molar-refractivity contribution is 0.0521. The first-order valence-electron chi connectivity index (χ1n) is 6.85. The van der Waals surface area contributed by atoms with E-state index in [-0.39, 0.29) is 12.4 Å². The van der Waals surface area contributed by atoms with Crippen LogP contribution in [0.4, 0.5) is 9.18 Å². The van der Waals surface area contributed by atoms with Crippen molar-refractivity contribution in [3.05, 3.63) is 35.6 Å². The minimum absolute atomic E-state index is 0.286. The van der Waals surface area contributed by atoms with Gasteiger partial charge in [-0.1, -0.05) is 12.1 Å². The molecule has 0 aromatic heterocycles. The molecule has 0 saturated heterocycles. The summed E-state index contributed by atoms with van der Waals surface area (Å²) in [7, 11) is 0. The van der Waals surface area contributed by atoms with Crippen molar-refractivity contribution in [1.29, 1.82) is 0 Å². The average Bonchev–Trinajstić information content (AvgIpc) is 2.36. The summed E-state index contributed by atoms with van der Waals surface area (Å²) in [6.07, 6.45) is -1.06. The van der Waals surface area contributed by atoms with Gasteiger partial charge in [0.05, 0.1) is 6.10 Å². The van der Waals surface area contributed by atoms with E-state index in [4.69, 9.17) is 10.5 Å². The minimum Gasteiger partial charge on any atom is -0.444 e. The molecule has 21 heavy (non-hydrogen) atoms. The highest BCUT2D eigenvalue weighted by atomic mass is 19.1. The fourth-order valence-electron chi connectivity index (χ4n) is 1.72. The zero-order valence-electron chi connectivity index (χ0n) is 12.6. The Balaban J connectivity index is 2.38. The maximum atomic E-state index is 12.8. The molecule has 0 heterocycles. The Kier molecular flexibility index (Phi) is 6.11. The van der Waals surface area contributed by atoms with Gasteiger partial charge in [-0.05, 0) is 44.9 Å². The largest absolute Gasteiger partial charge is 0.444 e. The van der Waals surface area contributed by atoms with Crippen molar-refractivity contribution in [3.63, 3.8) is 0 Å². The van der Waals surface area contributed by atoms with Crippen LogP contribution in [-0.4, -0.2) is 29.4 Å². The van der Waals surface area contributed by atoms with Crippen LogP contribution in [0.15, 0.2) is 24.3 Å². The van der Waals surface area contributed by atoms with E-state index < -0.39 is 23.8 Å². The topological polar surface area (TPSA) is 84.6 Å². The van der Waals surface area contributed by atoms with Gasteiger partial charge in [0.25, 0.3) is 0 Å². The number of aliphatic hydroxyl groups excluding tert-OH is 1. The van der Waals surface area contributed by atoms with Gasteiger partial charge in [-0.15, -0.1) is 0 Å². The molecule has 0 aliphatic carbocycles. The van der Waals surface area contributed by atoms with Gasteiger partial charge in [-0.3, -0.25) is 0 Å². The van der Waals surface area contributed by atoms with Crippen LogP contribution in [0.5, 0.6) is 0 Å². The van der Waals surface area contributed by atoms with Crippen molar-refractivity contribution in [3.8, 4) is 0 Å². The molecular weight excluding hydrogens is 275 g/mol. The summed E-state index contributed by atoms with van der Waals surface area (Å²) in [6, 6.07) is 4.95. The molecule has 118 valence electrons. The molecule has 6 heteroatoms. The predicted octanol–water partition coefficient (Wildman–Crippen LogP) is 2.10. The van der Waals surface area contributed by atoms with Gasteiger partial charge in [0.2, 0.25) is 0 Å². The van der Waals surface area contributed by atoms with Crippen LogP contribution >= 0.6 is 0 Å². The highest BCUT2D eigenvalue weighted by Gasteiger charge is 2.19. The standard InChI is InChI=1S/C15H23FN2O3/c1-15(2,3)21-14(20)18-9-8-12(17)13(19)10-4-6-11(16)7-5-10/h4-7,12-13,19H,8-9,17H2,1-3H3,(H,18,20). The first-order valence-corrected chi connectivity index (χ1v) is 6.85. The summed E-state index contributed by atoms with van der Waals surface area (Å²) in [5, 5.41) is 12.6. The number of ether oxygens (including phenoxy) is 1. The van der Waals surface area contributed by atoms with Gasteiger partial charge in [-0.25, -0.2) is 9.18 Å². The smallest absolute Gasteiger partial charge is 0.407 e. The number of hydrogen-bond donors (Lipinski definition) is 3. The molecule has 0 radical (unpaired) electrons. The number of nitrogens with two attached hydrogens (primary N) is 1. The number of hydrogen-bond acceptors (Lipinski definition) is 4. The maximum Gasteiger partial charge on any atom is 0.407 e. The van der Waals surface area contributed by atoms with Crippen LogP contribution in [-0.2, 0) is 4.74 Å². The number of carbonyl (C=O) groups is 1. The molecule has 0 saturated carbocycles. The van der Waals surface area contributed by atoms with Crippen molar-refractivity contribution in [2.24, 2.45) is 5.73 Å². The lowest BCUT2D eigenvalue weighted by Crippen LogP contribution is -2.37. The summed E-state index contributed by atoms with van der Waals surface area (Å²) >= 11 is 0. The van der Waals surface area contributed by atoms with E-state index in [1.54, 1.807) is 20.8 Å². The molecule has 1 aromatic carbocycles. The summed E-state index contributed by atoms with van der Waals surface area (Å²) in [5.41, 5.74) is 5.85. The maximum absolute atomic E-state index is 12.8. The van der Waals surface area contributed by atoms with Crippen molar-refractivity contribution in [1.82, 2.24) is 5.32 Å². The Morgan fingerprint density at radius 3 is 2.48 bits per heavy atom. The molecule has 1 aromatic rings. The van der Waals surface area contributed by atoms with E-state index in [1.165, 1.54) is 24.3 Å².